The van der Waals surface area contributed by atoms with Crippen LogP contribution in [0.5, 0.6) is 0 Å². The molecule has 0 spiro atoms. The minimum Gasteiger partial charge on any atom is -0.338 e. The highest BCUT2D eigenvalue weighted by atomic mass is 32.2. The van der Waals surface area contributed by atoms with Crippen LogP contribution in [0.3, 0.4) is 0 Å². The lowest BCUT2D eigenvalue weighted by Crippen LogP contribution is -2.15. The third-order valence-corrected chi connectivity index (χ3v) is 6.23. The molecule has 0 fully saturated rings. The fourth-order valence-corrected chi connectivity index (χ4v) is 4.28. The topological polar surface area (TPSA) is 74.8 Å². The Balaban J connectivity index is 1.69. The molecule has 0 aliphatic rings. The first-order valence-electron chi connectivity index (χ1n) is 9.41. The number of benzene rings is 3. The highest BCUT2D eigenvalue weighted by molar-refractivity contribution is 7.92. The van der Waals surface area contributed by atoms with E-state index < -0.39 is 10.0 Å². The van der Waals surface area contributed by atoms with Crippen LogP contribution in [0.25, 0.3) is 22.4 Å². The van der Waals surface area contributed by atoms with Gasteiger partial charge in [-0.25, -0.2) is 13.4 Å². The molecule has 0 aliphatic carbocycles. The van der Waals surface area contributed by atoms with E-state index >= 15 is 0 Å². The SMILES string of the molecule is CC(C)(C)c1ccc(S(=O)(=O)Nc2ccccc2-c2nc3ccccc3[nH]2)cc1. The number of nitrogens with zero attached hydrogens (tertiary/aromatic N) is 1. The molecule has 4 rings (SSSR count). The largest absolute Gasteiger partial charge is 0.338 e. The van der Waals surface area contributed by atoms with Crippen molar-refractivity contribution in [3.05, 3.63) is 78.4 Å². The van der Waals surface area contributed by atoms with Gasteiger partial charge in [0, 0.05) is 5.56 Å². The van der Waals surface area contributed by atoms with Gasteiger partial charge in [0.2, 0.25) is 0 Å². The molecule has 0 bridgehead atoms. The quantitative estimate of drug-likeness (QED) is 0.482. The summed E-state index contributed by atoms with van der Waals surface area (Å²) in [6, 6.07) is 22.0. The minimum absolute atomic E-state index is 0.0381. The smallest absolute Gasteiger partial charge is 0.261 e. The molecule has 0 saturated heterocycles. The number of imidazole rings is 1. The summed E-state index contributed by atoms with van der Waals surface area (Å²) in [5.41, 5.74) is 3.95. The van der Waals surface area contributed by atoms with Crippen LogP contribution in [0.4, 0.5) is 5.69 Å². The maximum atomic E-state index is 13.0. The van der Waals surface area contributed by atoms with E-state index in [9.17, 15) is 8.42 Å². The van der Waals surface area contributed by atoms with Crippen molar-refractivity contribution in [2.24, 2.45) is 0 Å². The first-order valence-corrected chi connectivity index (χ1v) is 10.9. The van der Waals surface area contributed by atoms with Gasteiger partial charge < -0.3 is 4.98 Å². The van der Waals surface area contributed by atoms with Crippen LogP contribution >= 0.6 is 0 Å². The van der Waals surface area contributed by atoms with Crippen LogP contribution in [0.2, 0.25) is 0 Å². The Hall–Kier alpha value is -3.12. The molecule has 1 heterocycles. The van der Waals surface area contributed by atoms with Gasteiger partial charge in [-0.1, -0.05) is 57.2 Å². The van der Waals surface area contributed by atoms with Crippen LogP contribution in [-0.4, -0.2) is 18.4 Å². The molecular formula is C23H23N3O2S. The predicted molar refractivity (Wildman–Crippen MR) is 117 cm³/mol. The van der Waals surface area contributed by atoms with Crippen molar-refractivity contribution in [3.63, 3.8) is 0 Å². The Morgan fingerprint density at radius 1 is 0.862 bits per heavy atom. The van der Waals surface area contributed by atoms with Gasteiger partial charge in [0.1, 0.15) is 5.82 Å². The molecule has 0 amide bonds. The number of rotatable bonds is 4. The fourth-order valence-electron chi connectivity index (χ4n) is 3.20. The maximum absolute atomic E-state index is 13.0. The number of sulfonamides is 1. The van der Waals surface area contributed by atoms with Crippen LogP contribution in [0, 0.1) is 0 Å². The summed E-state index contributed by atoms with van der Waals surface area (Å²) in [5, 5.41) is 0. The molecule has 0 unspecified atom stereocenters. The number of nitrogens with one attached hydrogen (secondary N) is 2. The monoisotopic (exact) mass is 405 g/mol. The van der Waals surface area contributed by atoms with E-state index in [1.54, 1.807) is 24.3 Å². The molecule has 0 aliphatic heterocycles. The summed E-state index contributed by atoms with van der Waals surface area (Å²) >= 11 is 0. The van der Waals surface area contributed by atoms with Crippen molar-refractivity contribution < 1.29 is 8.42 Å². The normalized spacial score (nSPS) is 12.2. The number of aromatic nitrogens is 2. The van der Waals surface area contributed by atoms with Crippen molar-refractivity contribution in [2.75, 3.05) is 4.72 Å². The Morgan fingerprint density at radius 2 is 1.52 bits per heavy atom. The summed E-state index contributed by atoms with van der Waals surface area (Å²) in [6.45, 7) is 6.29. The Morgan fingerprint density at radius 3 is 2.21 bits per heavy atom. The maximum Gasteiger partial charge on any atom is 0.261 e. The summed E-state index contributed by atoms with van der Waals surface area (Å²) in [4.78, 5) is 8.08. The Labute approximate surface area is 170 Å². The minimum atomic E-state index is -3.73. The standard InChI is InChI=1S/C23H23N3O2S/c1-23(2,3)16-12-14-17(15-13-16)29(27,28)26-19-9-5-4-8-18(19)22-24-20-10-6-7-11-21(20)25-22/h4-15,26H,1-3H3,(H,24,25). The number of aromatic amines is 1. The molecule has 2 N–H and O–H groups in total. The third-order valence-electron chi connectivity index (χ3n) is 4.85. The Bertz CT molecular complexity index is 1230. The van der Waals surface area contributed by atoms with Crippen molar-refractivity contribution in [2.45, 2.75) is 31.1 Å². The molecule has 3 aromatic carbocycles. The van der Waals surface area contributed by atoms with E-state index in [-0.39, 0.29) is 10.3 Å². The van der Waals surface area contributed by atoms with Gasteiger partial charge in [-0.2, -0.15) is 0 Å². The highest BCUT2D eigenvalue weighted by Crippen LogP contribution is 2.30. The van der Waals surface area contributed by atoms with E-state index in [4.69, 9.17) is 0 Å². The molecule has 0 saturated carbocycles. The van der Waals surface area contributed by atoms with Crippen LogP contribution in [-0.2, 0) is 15.4 Å². The molecular weight excluding hydrogens is 382 g/mol. The van der Waals surface area contributed by atoms with Crippen LogP contribution in [0.15, 0.2) is 77.7 Å². The number of fused-ring (bicyclic) bond motifs is 1. The summed E-state index contributed by atoms with van der Waals surface area (Å²) in [6.07, 6.45) is 0. The summed E-state index contributed by atoms with van der Waals surface area (Å²) in [5.74, 6) is 0.618. The van der Waals surface area contributed by atoms with Gasteiger partial charge in [-0.15, -0.1) is 0 Å². The van der Waals surface area contributed by atoms with E-state index in [1.807, 2.05) is 48.5 Å². The van der Waals surface area contributed by atoms with E-state index in [0.717, 1.165) is 16.6 Å². The van der Waals surface area contributed by atoms with Crippen LogP contribution < -0.4 is 4.72 Å². The lowest BCUT2D eigenvalue weighted by atomic mass is 9.87. The molecule has 0 atom stereocenters. The lowest BCUT2D eigenvalue weighted by molar-refractivity contribution is 0.587. The molecule has 148 valence electrons. The van der Waals surface area contributed by atoms with Crippen molar-refractivity contribution in [1.29, 1.82) is 0 Å². The molecule has 1 aromatic heterocycles. The van der Waals surface area contributed by atoms with Gasteiger partial charge in [0.15, 0.2) is 0 Å². The number of para-hydroxylation sites is 3. The lowest BCUT2D eigenvalue weighted by Gasteiger charge is -2.19. The first-order chi connectivity index (χ1) is 13.7. The third kappa shape index (κ3) is 3.89. The first kappa shape index (κ1) is 19.2. The van der Waals surface area contributed by atoms with Crippen molar-refractivity contribution in [3.8, 4) is 11.4 Å². The average molecular weight is 406 g/mol. The molecule has 0 radical (unpaired) electrons. The van der Waals surface area contributed by atoms with E-state index in [0.29, 0.717) is 17.1 Å². The van der Waals surface area contributed by atoms with E-state index in [2.05, 4.69) is 35.5 Å². The zero-order valence-electron chi connectivity index (χ0n) is 16.6. The molecule has 6 heteroatoms. The molecule has 5 nitrogen and oxygen atoms in total. The zero-order valence-corrected chi connectivity index (χ0v) is 17.4. The second-order valence-corrected chi connectivity index (χ2v) is 9.71. The van der Waals surface area contributed by atoms with Gasteiger partial charge in [-0.3, -0.25) is 4.72 Å². The van der Waals surface area contributed by atoms with Gasteiger partial charge >= 0.3 is 0 Å². The average Bonchev–Trinajstić information content (AvgIpc) is 3.11. The number of hydrogen-bond acceptors (Lipinski definition) is 3. The second-order valence-electron chi connectivity index (χ2n) is 8.03. The summed E-state index contributed by atoms with van der Waals surface area (Å²) < 4.78 is 28.7. The van der Waals surface area contributed by atoms with E-state index in [1.165, 1.54) is 0 Å². The number of H-pyrrole nitrogens is 1. The highest BCUT2D eigenvalue weighted by Gasteiger charge is 2.19. The van der Waals surface area contributed by atoms with Crippen molar-refractivity contribution in [1.82, 2.24) is 9.97 Å². The fraction of sp³-hybridized carbons (Fsp3) is 0.174. The van der Waals surface area contributed by atoms with Gasteiger partial charge in [0.05, 0.1) is 21.6 Å². The predicted octanol–water partition coefficient (Wildman–Crippen LogP) is 5.33. The molecule has 29 heavy (non-hydrogen) atoms. The van der Waals surface area contributed by atoms with Crippen molar-refractivity contribution >= 4 is 26.7 Å². The van der Waals surface area contributed by atoms with Crippen LogP contribution in [0.1, 0.15) is 26.3 Å². The second kappa shape index (κ2) is 7.04. The molecule has 4 aromatic rings. The summed E-state index contributed by atoms with van der Waals surface area (Å²) in [7, 11) is -3.73. The zero-order chi connectivity index (χ0) is 20.6. The van der Waals surface area contributed by atoms with Gasteiger partial charge in [-0.05, 0) is 47.4 Å². The number of anilines is 1. The van der Waals surface area contributed by atoms with Gasteiger partial charge in [0.25, 0.3) is 10.0 Å². The number of hydrogen-bond donors (Lipinski definition) is 2. The Kier molecular flexibility index (Phi) is 4.67.